The van der Waals surface area contributed by atoms with Gasteiger partial charge < -0.3 is 20.8 Å². The predicted molar refractivity (Wildman–Crippen MR) is 88.9 cm³/mol. The highest BCUT2D eigenvalue weighted by Gasteiger charge is 2.20. The number of anilines is 1. The molecule has 23 heavy (non-hydrogen) atoms. The zero-order valence-corrected chi connectivity index (χ0v) is 14.2. The number of rotatable bonds is 10. The van der Waals surface area contributed by atoms with Crippen LogP contribution in [0.5, 0.6) is 0 Å². The Bertz CT molecular complexity index is 529. The molecule has 0 bridgehead atoms. The normalized spacial score (nSPS) is 12.9. The molecule has 5 N–H and O–H groups in total. The van der Waals surface area contributed by atoms with E-state index in [-0.39, 0.29) is 0 Å². The quantitative estimate of drug-likeness (QED) is 0.381. The minimum Gasteiger partial charge on any atom is -0.325 e. The fraction of sp³-hybridized carbons (Fsp3) is 0.533. The Morgan fingerprint density at radius 1 is 1.26 bits per heavy atom. The van der Waals surface area contributed by atoms with Crippen LogP contribution in [0.4, 0.5) is 5.69 Å². The molecule has 0 radical (unpaired) electrons. The monoisotopic (exact) mass is 344 g/mol. The van der Waals surface area contributed by atoms with Crippen molar-refractivity contribution in [2.45, 2.75) is 45.1 Å². The van der Waals surface area contributed by atoms with E-state index in [0.717, 1.165) is 12.8 Å². The van der Waals surface area contributed by atoms with Gasteiger partial charge in [-0.1, -0.05) is 38.3 Å². The topological polar surface area (TPSA) is 122 Å². The molecule has 1 aromatic carbocycles. The summed E-state index contributed by atoms with van der Waals surface area (Å²) in [7, 11) is -4.62. The molecular formula is C15H25N2O5P. The maximum absolute atomic E-state index is 11.8. The minimum absolute atomic E-state index is 0.550. The number of unbranched alkanes of at least 4 members (excludes halogenated alkanes) is 3. The van der Waals surface area contributed by atoms with Crippen LogP contribution in [0.2, 0.25) is 0 Å². The highest BCUT2D eigenvalue weighted by Crippen LogP contribution is 2.35. The van der Waals surface area contributed by atoms with E-state index in [1.807, 2.05) is 12.1 Å². The maximum atomic E-state index is 11.8. The van der Waals surface area contributed by atoms with Crippen molar-refractivity contribution in [3.63, 3.8) is 0 Å². The number of amides is 1. The number of phosphoric acid groups is 1. The van der Waals surface area contributed by atoms with Gasteiger partial charge in [-0.15, -0.1) is 0 Å². The zero-order valence-electron chi connectivity index (χ0n) is 13.3. The lowest BCUT2D eigenvalue weighted by molar-refractivity contribution is -0.118. The molecule has 7 nitrogen and oxygen atoms in total. The molecule has 1 amide bonds. The molecule has 0 unspecified atom stereocenters. The van der Waals surface area contributed by atoms with E-state index in [1.54, 1.807) is 12.1 Å². The molecule has 1 rings (SSSR count). The van der Waals surface area contributed by atoms with Gasteiger partial charge in [0.2, 0.25) is 5.91 Å². The van der Waals surface area contributed by atoms with E-state index >= 15 is 0 Å². The summed E-state index contributed by atoms with van der Waals surface area (Å²) in [6, 6.07) is 6.29. The molecule has 130 valence electrons. The Morgan fingerprint density at radius 2 is 1.91 bits per heavy atom. The number of nitrogens with one attached hydrogen (secondary N) is 1. The van der Waals surface area contributed by atoms with Gasteiger partial charge in [-0.2, -0.15) is 0 Å². The van der Waals surface area contributed by atoms with Gasteiger partial charge in [-0.05, 0) is 30.5 Å². The number of aryl methyl sites for hydroxylation is 1. The summed E-state index contributed by atoms with van der Waals surface area (Å²) < 4.78 is 14.8. The Kier molecular flexibility index (Phi) is 8.44. The summed E-state index contributed by atoms with van der Waals surface area (Å²) in [6.45, 7) is 1.62. The summed E-state index contributed by atoms with van der Waals surface area (Å²) in [4.78, 5) is 28.9. The molecule has 1 atom stereocenters. The van der Waals surface area contributed by atoms with Crippen molar-refractivity contribution in [1.29, 1.82) is 0 Å². The first-order chi connectivity index (χ1) is 10.8. The third-order valence-corrected chi connectivity index (χ3v) is 3.78. The van der Waals surface area contributed by atoms with Crippen LogP contribution in [-0.2, 0) is 20.3 Å². The third kappa shape index (κ3) is 8.83. The minimum atomic E-state index is -4.62. The highest BCUT2D eigenvalue weighted by atomic mass is 31.2. The van der Waals surface area contributed by atoms with Crippen LogP contribution in [0.25, 0.3) is 0 Å². The first kappa shape index (κ1) is 19.8. The second-order valence-electron chi connectivity index (χ2n) is 5.39. The Labute approximate surface area is 136 Å². The zero-order chi connectivity index (χ0) is 17.3. The standard InChI is InChI=1S/C15H25N2O5P/c1-2-3-4-5-6-12-7-9-13(10-8-12)17-15(18)14(16)11-22-23(19,20)21/h7-10,14H,2-6,11,16H2,1H3,(H,17,18)(H2,19,20,21)/t14-/m0/s1. The lowest BCUT2D eigenvalue weighted by Crippen LogP contribution is -2.39. The number of phosphoric ester groups is 1. The average Bonchev–Trinajstić information content (AvgIpc) is 2.50. The van der Waals surface area contributed by atoms with Gasteiger partial charge in [0.25, 0.3) is 0 Å². The van der Waals surface area contributed by atoms with Crippen molar-refractivity contribution in [3.8, 4) is 0 Å². The van der Waals surface area contributed by atoms with E-state index < -0.39 is 26.4 Å². The van der Waals surface area contributed by atoms with Crippen molar-refractivity contribution >= 4 is 19.4 Å². The fourth-order valence-corrected chi connectivity index (χ4v) is 2.35. The molecule has 0 fully saturated rings. The van der Waals surface area contributed by atoms with Crippen molar-refractivity contribution < 1.29 is 23.7 Å². The van der Waals surface area contributed by atoms with Crippen molar-refractivity contribution in [2.24, 2.45) is 5.73 Å². The number of hydrogen-bond donors (Lipinski definition) is 4. The molecule has 0 aliphatic heterocycles. The highest BCUT2D eigenvalue weighted by molar-refractivity contribution is 7.46. The van der Waals surface area contributed by atoms with Gasteiger partial charge in [-0.25, -0.2) is 4.57 Å². The second-order valence-corrected chi connectivity index (χ2v) is 6.63. The SMILES string of the molecule is CCCCCCc1ccc(NC(=O)[C@@H](N)COP(=O)(O)O)cc1. The van der Waals surface area contributed by atoms with Crippen LogP contribution in [0, 0.1) is 0 Å². The maximum Gasteiger partial charge on any atom is 0.469 e. The van der Waals surface area contributed by atoms with Crippen LogP contribution in [0.1, 0.15) is 38.2 Å². The fourth-order valence-electron chi connectivity index (χ4n) is 2.00. The van der Waals surface area contributed by atoms with E-state index in [1.165, 1.54) is 24.8 Å². The molecule has 0 aromatic heterocycles. The largest absolute Gasteiger partial charge is 0.469 e. The molecular weight excluding hydrogens is 319 g/mol. The van der Waals surface area contributed by atoms with Crippen molar-refractivity contribution in [3.05, 3.63) is 29.8 Å². The lowest BCUT2D eigenvalue weighted by Gasteiger charge is -2.13. The lowest BCUT2D eigenvalue weighted by atomic mass is 10.1. The van der Waals surface area contributed by atoms with Gasteiger partial charge in [0.15, 0.2) is 0 Å². The second kappa shape index (κ2) is 9.80. The molecule has 0 saturated carbocycles. The van der Waals surface area contributed by atoms with E-state index in [0.29, 0.717) is 5.69 Å². The van der Waals surface area contributed by atoms with Gasteiger partial charge in [-0.3, -0.25) is 9.32 Å². The molecule has 0 aliphatic rings. The molecule has 1 aromatic rings. The van der Waals surface area contributed by atoms with Gasteiger partial charge in [0, 0.05) is 5.69 Å². The van der Waals surface area contributed by atoms with Crippen LogP contribution < -0.4 is 11.1 Å². The van der Waals surface area contributed by atoms with Crippen LogP contribution >= 0.6 is 7.82 Å². The van der Waals surface area contributed by atoms with E-state index in [9.17, 15) is 9.36 Å². The van der Waals surface area contributed by atoms with Crippen LogP contribution in [0.15, 0.2) is 24.3 Å². The van der Waals surface area contributed by atoms with Gasteiger partial charge >= 0.3 is 7.82 Å². The van der Waals surface area contributed by atoms with E-state index in [2.05, 4.69) is 16.8 Å². The predicted octanol–water partition coefficient (Wildman–Crippen LogP) is 2.18. The average molecular weight is 344 g/mol. The summed E-state index contributed by atoms with van der Waals surface area (Å²) in [5.74, 6) is -0.561. The summed E-state index contributed by atoms with van der Waals surface area (Å²) in [5.41, 5.74) is 7.30. The Hall–Kier alpha value is -1.24. The first-order valence-electron chi connectivity index (χ1n) is 7.67. The van der Waals surface area contributed by atoms with Crippen molar-refractivity contribution in [1.82, 2.24) is 0 Å². The Balaban J connectivity index is 2.41. The Morgan fingerprint density at radius 3 is 2.48 bits per heavy atom. The number of carbonyl (C=O) groups is 1. The summed E-state index contributed by atoms with van der Waals surface area (Å²) >= 11 is 0. The van der Waals surface area contributed by atoms with Crippen LogP contribution in [-0.4, -0.2) is 28.3 Å². The first-order valence-corrected chi connectivity index (χ1v) is 9.20. The molecule has 8 heteroatoms. The summed E-state index contributed by atoms with van der Waals surface area (Å²) in [6.07, 6.45) is 5.80. The summed E-state index contributed by atoms with van der Waals surface area (Å²) in [5, 5.41) is 2.58. The molecule has 0 heterocycles. The third-order valence-electron chi connectivity index (χ3n) is 3.30. The molecule has 0 spiro atoms. The van der Waals surface area contributed by atoms with Gasteiger partial charge in [0.1, 0.15) is 6.04 Å². The number of benzene rings is 1. The molecule has 0 saturated heterocycles. The van der Waals surface area contributed by atoms with E-state index in [4.69, 9.17) is 15.5 Å². The van der Waals surface area contributed by atoms with Crippen molar-refractivity contribution in [2.75, 3.05) is 11.9 Å². The van der Waals surface area contributed by atoms with Crippen LogP contribution in [0.3, 0.4) is 0 Å². The molecule has 0 aliphatic carbocycles. The van der Waals surface area contributed by atoms with Gasteiger partial charge in [0.05, 0.1) is 6.61 Å². The number of carbonyl (C=O) groups excluding carboxylic acids is 1. The number of hydrogen-bond acceptors (Lipinski definition) is 4. The smallest absolute Gasteiger partial charge is 0.325 e. The number of nitrogens with two attached hydrogens (primary N) is 1.